The molecule has 9 nitrogen and oxygen atoms in total. The van der Waals surface area contributed by atoms with Crippen LogP contribution in [-0.4, -0.2) is 50.4 Å². The van der Waals surface area contributed by atoms with Gasteiger partial charge in [0, 0.05) is 44.9 Å². The van der Waals surface area contributed by atoms with Gasteiger partial charge < -0.3 is 18.6 Å². The fourth-order valence-corrected chi connectivity index (χ4v) is 3.10. The van der Waals surface area contributed by atoms with Crippen LogP contribution in [0.15, 0.2) is 35.2 Å². The number of ether oxygens (including phenoxy) is 1. The SMILES string of the molecule is CCOC(=O)c1coc(N2CCc3nnc(Cc4cccnc4)n3CC2)n1. The smallest absolute Gasteiger partial charge is 0.360 e. The summed E-state index contributed by atoms with van der Waals surface area (Å²) in [6.07, 6.45) is 6.34. The summed E-state index contributed by atoms with van der Waals surface area (Å²) in [5.41, 5.74) is 1.29. The molecule has 27 heavy (non-hydrogen) atoms. The number of rotatable bonds is 5. The van der Waals surface area contributed by atoms with Gasteiger partial charge >= 0.3 is 5.97 Å². The first-order valence-corrected chi connectivity index (χ1v) is 8.92. The number of oxazole rings is 1. The number of fused-ring (bicyclic) bond motifs is 1. The van der Waals surface area contributed by atoms with Crippen LogP contribution in [-0.2, 0) is 24.1 Å². The lowest BCUT2D eigenvalue weighted by Gasteiger charge is -2.17. The molecular formula is C18H20N6O3. The number of aromatic nitrogens is 5. The van der Waals surface area contributed by atoms with Crippen molar-refractivity contribution in [1.29, 1.82) is 0 Å². The maximum Gasteiger partial charge on any atom is 0.360 e. The maximum atomic E-state index is 11.8. The van der Waals surface area contributed by atoms with Crippen molar-refractivity contribution in [2.24, 2.45) is 0 Å². The summed E-state index contributed by atoms with van der Waals surface area (Å²) >= 11 is 0. The normalized spacial score (nSPS) is 13.9. The summed E-state index contributed by atoms with van der Waals surface area (Å²) in [7, 11) is 0. The van der Waals surface area contributed by atoms with E-state index in [1.807, 2.05) is 23.2 Å². The van der Waals surface area contributed by atoms with E-state index in [1.54, 1.807) is 13.1 Å². The monoisotopic (exact) mass is 368 g/mol. The summed E-state index contributed by atoms with van der Waals surface area (Å²) in [4.78, 5) is 22.2. The molecule has 0 aromatic carbocycles. The highest BCUT2D eigenvalue weighted by Gasteiger charge is 2.23. The van der Waals surface area contributed by atoms with Crippen molar-refractivity contribution in [2.45, 2.75) is 26.3 Å². The zero-order valence-electron chi connectivity index (χ0n) is 15.0. The summed E-state index contributed by atoms with van der Waals surface area (Å²) in [6.45, 7) is 4.15. The van der Waals surface area contributed by atoms with E-state index in [0.717, 1.165) is 30.2 Å². The molecule has 1 aliphatic rings. The van der Waals surface area contributed by atoms with E-state index in [9.17, 15) is 4.79 Å². The van der Waals surface area contributed by atoms with Crippen molar-refractivity contribution in [3.63, 3.8) is 0 Å². The Balaban J connectivity index is 1.47. The Kier molecular flexibility index (Phi) is 4.82. The second kappa shape index (κ2) is 7.56. The third kappa shape index (κ3) is 3.67. The molecule has 0 radical (unpaired) electrons. The standard InChI is InChI=1S/C18H20N6O3/c1-2-26-17(25)14-12-27-18(20-14)23-7-5-15-21-22-16(24(15)9-8-23)10-13-4-3-6-19-11-13/h3-4,6,11-12H,2,5,7-10H2,1H3. The number of hydrogen-bond acceptors (Lipinski definition) is 8. The molecule has 9 heteroatoms. The summed E-state index contributed by atoms with van der Waals surface area (Å²) < 4.78 is 12.6. The first-order chi connectivity index (χ1) is 13.2. The minimum absolute atomic E-state index is 0.188. The van der Waals surface area contributed by atoms with Crippen molar-refractivity contribution in [3.8, 4) is 0 Å². The molecule has 3 aromatic rings. The summed E-state index contributed by atoms with van der Waals surface area (Å²) in [5, 5.41) is 8.69. The van der Waals surface area contributed by atoms with E-state index in [1.165, 1.54) is 6.26 Å². The lowest BCUT2D eigenvalue weighted by molar-refractivity contribution is 0.0519. The third-order valence-corrected chi connectivity index (χ3v) is 4.44. The molecule has 0 saturated heterocycles. The Hall–Kier alpha value is -3.23. The van der Waals surface area contributed by atoms with Crippen LogP contribution in [0.4, 0.5) is 6.01 Å². The van der Waals surface area contributed by atoms with Gasteiger partial charge in [-0.2, -0.15) is 4.98 Å². The largest absolute Gasteiger partial charge is 0.461 e. The second-order valence-corrected chi connectivity index (χ2v) is 6.19. The molecule has 0 fully saturated rings. The molecule has 0 aliphatic carbocycles. The minimum Gasteiger partial charge on any atom is -0.461 e. The maximum absolute atomic E-state index is 11.8. The highest BCUT2D eigenvalue weighted by atomic mass is 16.5. The van der Waals surface area contributed by atoms with E-state index < -0.39 is 5.97 Å². The lowest BCUT2D eigenvalue weighted by atomic mass is 10.2. The molecule has 4 rings (SSSR count). The summed E-state index contributed by atoms with van der Waals surface area (Å²) in [6, 6.07) is 4.37. The van der Waals surface area contributed by atoms with E-state index in [2.05, 4.69) is 24.7 Å². The zero-order chi connectivity index (χ0) is 18.6. The number of esters is 1. The van der Waals surface area contributed by atoms with Crippen LogP contribution in [0.2, 0.25) is 0 Å². The molecule has 0 saturated carbocycles. The van der Waals surface area contributed by atoms with Crippen LogP contribution in [0, 0.1) is 0 Å². The van der Waals surface area contributed by atoms with Gasteiger partial charge in [0.2, 0.25) is 0 Å². The average Bonchev–Trinajstić information content (AvgIpc) is 3.26. The molecule has 4 heterocycles. The zero-order valence-corrected chi connectivity index (χ0v) is 15.0. The van der Waals surface area contributed by atoms with Gasteiger partial charge in [0.15, 0.2) is 5.69 Å². The van der Waals surface area contributed by atoms with E-state index in [-0.39, 0.29) is 5.69 Å². The topological polar surface area (TPSA) is 99.2 Å². The number of nitrogens with zero attached hydrogens (tertiary/aromatic N) is 6. The van der Waals surface area contributed by atoms with Gasteiger partial charge in [0.25, 0.3) is 6.01 Å². The Morgan fingerprint density at radius 2 is 2.22 bits per heavy atom. The predicted octanol–water partition coefficient (Wildman–Crippen LogP) is 1.49. The summed E-state index contributed by atoms with van der Waals surface area (Å²) in [5.74, 6) is 1.38. The van der Waals surface area contributed by atoms with Gasteiger partial charge in [-0.05, 0) is 18.6 Å². The molecular weight excluding hydrogens is 348 g/mol. The van der Waals surface area contributed by atoms with Crippen molar-refractivity contribution >= 4 is 12.0 Å². The van der Waals surface area contributed by atoms with Crippen LogP contribution in [0.5, 0.6) is 0 Å². The van der Waals surface area contributed by atoms with Gasteiger partial charge in [-0.15, -0.1) is 10.2 Å². The van der Waals surface area contributed by atoms with Crippen LogP contribution in [0.25, 0.3) is 0 Å². The quantitative estimate of drug-likeness (QED) is 0.625. The van der Waals surface area contributed by atoms with Crippen LogP contribution >= 0.6 is 0 Å². The molecule has 0 amide bonds. The fraction of sp³-hybridized carbons (Fsp3) is 0.389. The van der Waals surface area contributed by atoms with E-state index >= 15 is 0 Å². The van der Waals surface area contributed by atoms with E-state index in [4.69, 9.17) is 9.15 Å². The lowest BCUT2D eigenvalue weighted by Crippen LogP contribution is -2.27. The van der Waals surface area contributed by atoms with Crippen LogP contribution in [0.1, 0.15) is 34.6 Å². The Morgan fingerprint density at radius 3 is 3.04 bits per heavy atom. The molecule has 1 aliphatic heterocycles. The molecule has 0 atom stereocenters. The Labute approximate surface area is 156 Å². The molecule has 0 unspecified atom stereocenters. The highest BCUT2D eigenvalue weighted by Crippen LogP contribution is 2.19. The Bertz CT molecular complexity index is 920. The third-order valence-electron chi connectivity index (χ3n) is 4.44. The Morgan fingerprint density at radius 1 is 1.30 bits per heavy atom. The highest BCUT2D eigenvalue weighted by molar-refractivity contribution is 5.87. The van der Waals surface area contributed by atoms with Gasteiger partial charge in [-0.3, -0.25) is 4.98 Å². The number of hydrogen-bond donors (Lipinski definition) is 0. The second-order valence-electron chi connectivity index (χ2n) is 6.19. The van der Waals surface area contributed by atoms with Gasteiger partial charge in [0.05, 0.1) is 6.61 Å². The number of carbonyl (C=O) groups is 1. The molecule has 3 aromatic heterocycles. The van der Waals surface area contributed by atoms with E-state index in [0.29, 0.717) is 32.1 Å². The van der Waals surface area contributed by atoms with Gasteiger partial charge in [0.1, 0.15) is 17.9 Å². The minimum atomic E-state index is -0.474. The van der Waals surface area contributed by atoms with Gasteiger partial charge in [-0.25, -0.2) is 4.79 Å². The fourth-order valence-electron chi connectivity index (χ4n) is 3.10. The predicted molar refractivity (Wildman–Crippen MR) is 95.4 cm³/mol. The van der Waals surface area contributed by atoms with Crippen molar-refractivity contribution in [2.75, 3.05) is 24.6 Å². The average molecular weight is 368 g/mol. The molecule has 0 bridgehead atoms. The van der Waals surface area contributed by atoms with Crippen LogP contribution < -0.4 is 4.90 Å². The van der Waals surface area contributed by atoms with Crippen molar-refractivity contribution < 1.29 is 13.9 Å². The molecule has 0 spiro atoms. The molecule has 0 N–H and O–H groups in total. The number of anilines is 1. The number of pyridine rings is 1. The van der Waals surface area contributed by atoms with Crippen molar-refractivity contribution in [1.82, 2.24) is 24.7 Å². The van der Waals surface area contributed by atoms with Crippen molar-refractivity contribution in [3.05, 3.63) is 53.7 Å². The first kappa shape index (κ1) is 17.2. The number of carbonyl (C=O) groups excluding carboxylic acids is 1. The van der Waals surface area contributed by atoms with Crippen LogP contribution in [0.3, 0.4) is 0 Å². The first-order valence-electron chi connectivity index (χ1n) is 8.92. The molecule has 140 valence electrons. The van der Waals surface area contributed by atoms with Gasteiger partial charge in [-0.1, -0.05) is 6.07 Å².